The minimum Gasteiger partial charge on any atom is -0.460 e. The average molecular weight is 446 g/mol. The minimum atomic E-state index is -0.377. The van der Waals surface area contributed by atoms with E-state index >= 15 is 0 Å². The second kappa shape index (κ2) is 10.1. The van der Waals surface area contributed by atoms with Gasteiger partial charge in [0.25, 0.3) is 5.91 Å². The lowest BCUT2D eigenvalue weighted by molar-refractivity contribution is 0.102. The van der Waals surface area contributed by atoms with Crippen LogP contribution in [-0.2, 0) is 4.74 Å². The normalized spacial score (nSPS) is 10.8. The number of amides is 1. The molecule has 0 atom stereocenters. The lowest BCUT2D eigenvalue weighted by Gasteiger charge is -2.09. The van der Waals surface area contributed by atoms with Crippen molar-refractivity contribution in [1.29, 1.82) is 0 Å². The molecule has 1 amide bonds. The van der Waals surface area contributed by atoms with Gasteiger partial charge in [-0.05, 0) is 55.5 Å². The van der Waals surface area contributed by atoms with Crippen molar-refractivity contribution in [3.05, 3.63) is 89.7 Å². The summed E-state index contributed by atoms with van der Waals surface area (Å²) in [6.45, 7) is 2.64. The number of aryl methyl sites for hydroxylation is 1. The first kappa shape index (κ1) is 22.2. The molecule has 0 spiro atoms. The van der Waals surface area contributed by atoms with E-state index in [-0.39, 0.29) is 24.3 Å². The summed E-state index contributed by atoms with van der Waals surface area (Å²) in [7, 11) is 1.58. The molecule has 4 rings (SSSR count). The van der Waals surface area contributed by atoms with Gasteiger partial charge in [-0.1, -0.05) is 29.8 Å². The standard InChI is InChI=1S/C25H23FN4O3/c1-17-6-8-18(9-7-17)24(31)27-21-10-12-22(13-11-21)30-23(19-4-3-5-20(26)16-19)28-25(29-30)33-15-14-32-2/h3-13,16H,14-15H2,1-2H3,(H,27,31). The number of carbonyl (C=O) groups excluding carboxylic acids is 1. The van der Waals surface area contributed by atoms with Crippen molar-refractivity contribution in [2.24, 2.45) is 0 Å². The Morgan fingerprint density at radius 3 is 2.48 bits per heavy atom. The Labute approximate surface area is 190 Å². The summed E-state index contributed by atoms with van der Waals surface area (Å²) in [5, 5.41) is 7.30. The minimum absolute atomic E-state index is 0.156. The van der Waals surface area contributed by atoms with Crippen molar-refractivity contribution in [3.8, 4) is 23.1 Å². The summed E-state index contributed by atoms with van der Waals surface area (Å²) in [4.78, 5) is 16.9. The van der Waals surface area contributed by atoms with Crippen LogP contribution in [0.5, 0.6) is 6.01 Å². The van der Waals surface area contributed by atoms with Gasteiger partial charge in [-0.3, -0.25) is 4.79 Å². The third-order valence-corrected chi connectivity index (χ3v) is 4.87. The monoisotopic (exact) mass is 446 g/mol. The van der Waals surface area contributed by atoms with E-state index in [1.807, 2.05) is 19.1 Å². The maximum absolute atomic E-state index is 13.8. The molecule has 0 fully saturated rings. The summed E-state index contributed by atoms with van der Waals surface area (Å²) in [5.74, 6) is -0.144. The molecule has 0 bridgehead atoms. The van der Waals surface area contributed by atoms with Crippen LogP contribution in [0.1, 0.15) is 15.9 Å². The van der Waals surface area contributed by atoms with Crippen LogP contribution in [-0.4, -0.2) is 41.0 Å². The molecule has 0 aliphatic rings. The van der Waals surface area contributed by atoms with E-state index in [2.05, 4.69) is 15.4 Å². The molecule has 7 nitrogen and oxygen atoms in total. The number of ether oxygens (including phenoxy) is 2. The number of nitrogens with one attached hydrogen (secondary N) is 1. The van der Waals surface area contributed by atoms with Crippen molar-refractivity contribution in [2.75, 3.05) is 25.6 Å². The van der Waals surface area contributed by atoms with Crippen LogP contribution >= 0.6 is 0 Å². The van der Waals surface area contributed by atoms with E-state index in [9.17, 15) is 9.18 Å². The molecule has 0 radical (unpaired) electrons. The lowest BCUT2D eigenvalue weighted by atomic mass is 10.1. The second-order valence-corrected chi connectivity index (χ2v) is 7.35. The number of halogens is 1. The first-order valence-electron chi connectivity index (χ1n) is 10.4. The topological polar surface area (TPSA) is 78.3 Å². The number of benzene rings is 3. The third kappa shape index (κ3) is 5.42. The summed E-state index contributed by atoms with van der Waals surface area (Å²) >= 11 is 0. The van der Waals surface area contributed by atoms with Crippen LogP contribution in [0, 0.1) is 12.7 Å². The fourth-order valence-electron chi connectivity index (χ4n) is 3.16. The van der Waals surface area contributed by atoms with Crippen LogP contribution in [0.4, 0.5) is 10.1 Å². The molecule has 1 N–H and O–H groups in total. The zero-order chi connectivity index (χ0) is 23.2. The van der Waals surface area contributed by atoms with Gasteiger partial charge in [0.2, 0.25) is 0 Å². The smallest absolute Gasteiger partial charge is 0.336 e. The Kier molecular flexibility index (Phi) is 6.75. The van der Waals surface area contributed by atoms with Crippen molar-refractivity contribution >= 4 is 11.6 Å². The van der Waals surface area contributed by atoms with Crippen molar-refractivity contribution in [3.63, 3.8) is 0 Å². The van der Waals surface area contributed by atoms with Gasteiger partial charge in [0.05, 0.1) is 12.3 Å². The van der Waals surface area contributed by atoms with Gasteiger partial charge in [0.15, 0.2) is 5.82 Å². The molecule has 8 heteroatoms. The Bertz CT molecular complexity index is 1240. The van der Waals surface area contributed by atoms with Crippen molar-refractivity contribution in [1.82, 2.24) is 14.8 Å². The second-order valence-electron chi connectivity index (χ2n) is 7.35. The van der Waals surface area contributed by atoms with Crippen LogP contribution in [0.2, 0.25) is 0 Å². The molecule has 0 saturated carbocycles. The van der Waals surface area contributed by atoms with E-state index in [0.29, 0.717) is 34.9 Å². The number of carbonyl (C=O) groups is 1. The molecular formula is C25H23FN4O3. The zero-order valence-corrected chi connectivity index (χ0v) is 18.3. The number of rotatable bonds is 8. The van der Waals surface area contributed by atoms with Crippen molar-refractivity contribution < 1.29 is 18.7 Å². The molecule has 4 aromatic rings. The maximum Gasteiger partial charge on any atom is 0.336 e. The highest BCUT2D eigenvalue weighted by molar-refractivity contribution is 6.04. The molecule has 168 valence electrons. The molecule has 1 heterocycles. The first-order chi connectivity index (χ1) is 16.0. The van der Waals surface area contributed by atoms with Gasteiger partial charge >= 0.3 is 6.01 Å². The summed E-state index contributed by atoms with van der Waals surface area (Å²) in [6.07, 6.45) is 0. The highest BCUT2D eigenvalue weighted by atomic mass is 19.1. The largest absolute Gasteiger partial charge is 0.460 e. The molecule has 1 aromatic heterocycles. The summed E-state index contributed by atoms with van der Waals surface area (Å²) in [6, 6.07) is 20.7. The summed E-state index contributed by atoms with van der Waals surface area (Å²) in [5.41, 5.74) is 3.53. The molecular weight excluding hydrogens is 423 g/mol. The van der Waals surface area contributed by atoms with Gasteiger partial charge in [-0.2, -0.15) is 4.98 Å². The molecule has 33 heavy (non-hydrogen) atoms. The van der Waals surface area contributed by atoms with Gasteiger partial charge in [0, 0.05) is 23.9 Å². The van der Waals surface area contributed by atoms with Crippen LogP contribution in [0.15, 0.2) is 72.8 Å². The molecule has 3 aromatic carbocycles. The van der Waals surface area contributed by atoms with E-state index in [1.165, 1.54) is 12.1 Å². The number of hydrogen-bond donors (Lipinski definition) is 1. The quantitative estimate of drug-likeness (QED) is 0.398. The average Bonchev–Trinajstić information content (AvgIpc) is 3.24. The van der Waals surface area contributed by atoms with Gasteiger partial charge < -0.3 is 14.8 Å². The van der Waals surface area contributed by atoms with Gasteiger partial charge in [0.1, 0.15) is 12.4 Å². The zero-order valence-electron chi connectivity index (χ0n) is 18.3. The van der Waals surface area contributed by atoms with E-state index < -0.39 is 0 Å². The Hall–Kier alpha value is -4.04. The molecule has 0 saturated heterocycles. The number of aromatic nitrogens is 3. The predicted molar refractivity (Wildman–Crippen MR) is 123 cm³/mol. The Morgan fingerprint density at radius 1 is 1.03 bits per heavy atom. The fraction of sp³-hybridized carbons (Fsp3) is 0.160. The number of hydrogen-bond acceptors (Lipinski definition) is 5. The Balaban J connectivity index is 1.59. The number of methoxy groups -OCH3 is 1. The van der Waals surface area contributed by atoms with E-state index in [4.69, 9.17) is 9.47 Å². The summed E-state index contributed by atoms with van der Waals surface area (Å²) < 4.78 is 26.0. The van der Waals surface area contributed by atoms with Crippen LogP contribution < -0.4 is 10.1 Å². The van der Waals surface area contributed by atoms with Crippen LogP contribution in [0.3, 0.4) is 0 Å². The first-order valence-corrected chi connectivity index (χ1v) is 10.4. The number of nitrogens with zero attached hydrogens (tertiary/aromatic N) is 3. The van der Waals surface area contributed by atoms with Crippen LogP contribution in [0.25, 0.3) is 17.1 Å². The number of anilines is 1. The van der Waals surface area contributed by atoms with Crippen molar-refractivity contribution in [2.45, 2.75) is 6.92 Å². The van der Waals surface area contributed by atoms with Gasteiger partial charge in [-0.15, -0.1) is 5.10 Å². The molecule has 0 unspecified atom stereocenters. The van der Waals surface area contributed by atoms with E-state index in [0.717, 1.165) is 5.56 Å². The third-order valence-electron chi connectivity index (χ3n) is 4.87. The fourth-order valence-corrected chi connectivity index (χ4v) is 3.16. The molecule has 0 aliphatic heterocycles. The highest BCUT2D eigenvalue weighted by Gasteiger charge is 2.16. The highest BCUT2D eigenvalue weighted by Crippen LogP contribution is 2.25. The van der Waals surface area contributed by atoms with E-state index in [1.54, 1.807) is 60.3 Å². The SMILES string of the molecule is COCCOc1nc(-c2cccc(F)c2)n(-c2ccc(NC(=O)c3ccc(C)cc3)cc2)n1. The lowest BCUT2D eigenvalue weighted by Crippen LogP contribution is -2.11. The maximum atomic E-state index is 13.8. The Morgan fingerprint density at radius 2 is 1.79 bits per heavy atom. The predicted octanol–water partition coefficient (Wildman–Crippen LogP) is 4.66. The van der Waals surface area contributed by atoms with Gasteiger partial charge in [-0.25, -0.2) is 9.07 Å². The molecule has 0 aliphatic carbocycles.